The fourth-order valence-electron chi connectivity index (χ4n) is 2.84. The number of nitrogens with zero attached hydrogens (tertiary/aromatic N) is 1. The van der Waals surface area contributed by atoms with E-state index in [9.17, 15) is 19.8 Å². The number of ether oxygens (including phenoxy) is 2. The van der Waals surface area contributed by atoms with Crippen molar-refractivity contribution in [1.82, 2.24) is 9.55 Å². The molecule has 9 heteroatoms. The average Bonchev–Trinajstić information content (AvgIpc) is 2.88. The molecule has 26 heavy (non-hydrogen) atoms. The number of aliphatic hydroxyl groups is 2. The van der Waals surface area contributed by atoms with Crippen molar-refractivity contribution in [1.29, 1.82) is 0 Å². The van der Waals surface area contributed by atoms with E-state index in [1.165, 1.54) is 16.8 Å². The van der Waals surface area contributed by atoms with Gasteiger partial charge in [0.1, 0.15) is 24.9 Å². The van der Waals surface area contributed by atoms with Gasteiger partial charge < -0.3 is 19.7 Å². The number of carbonyl (C=O) groups is 1. The minimum atomic E-state index is -1.26. The van der Waals surface area contributed by atoms with Crippen molar-refractivity contribution in [3.63, 3.8) is 0 Å². The molecule has 4 atom stereocenters. The summed E-state index contributed by atoms with van der Waals surface area (Å²) < 4.78 is 12.2. The maximum atomic E-state index is 11.8. The molecule has 0 radical (unpaired) electrons. The van der Waals surface area contributed by atoms with Crippen molar-refractivity contribution in [2.75, 3.05) is 6.61 Å². The third-order valence-electron chi connectivity index (χ3n) is 4.36. The first-order valence-electron chi connectivity index (χ1n) is 8.92. The van der Waals surface area contributed by atoms with Crippen LogP contribution in [0.4, 0.5) is 0 Å². The van der Waals surface area contributed by atoms with E-state index in [0.717, 1.165) is 32.1 Å². The van der Waals surface area contributed by atoms with E-state index in [-0.39, 0.29) is 22.9 Å². The lowest BCUT2D eigenvalue weighted by atomic mass is 10.1. The van der Waals surface area contributed by atoms with Gasteiger partial charge in [-0.15, -0.1) is 0 Å². The minimum Gasteiger partial charge on any atom is -0.463 e. The van der Waals surface area contributed by atoms with Crippen LogP contribution in [0, 0.1) is 4.77 Å². The van der Waals surface area contributed by atoms with Crippen molar-refractivity contribution in [3.8, 4) is 0 Å². The van der Waals surface area contributed by atoms with Gasteiger partial charge >= 0.3 is 5.97 Å². The summed E-state index contributed by atoms with van der Waals surface area (Å²) in [5.41, 5.74) is -0.372. The Labute approximate surface area is 156 Å². The zero-order chi connectivity index (χ0) is 19.1. The van der Waals surface area contributed by atoms with Gasteiger partial charge in [0.05, 0.1) is 0 Å². The zero-order valence-electron chi connectivity index (χ0n) is 14.8. The molecule has 1 aliphatic heterocycles. The molecule has 0 bridgehead atoms. The van der Waals surface area contributed by atoms with E-state index in [1.54, 1.807) is 0 Å². The highest BCUT2D eigenvalue weighted by molar-refractivity contribution is 7.71. The van der Waals surface area contributed by atoms with E-state index in [0.29, 0.717) is 6.42 Å². The molecule has 3 N–H and O–H groups in total. The third kappa shape index (κ3) is 5.47. The first-order chi connectivity index (χ1) is 12.4. The fraction of sp³-hybridized carbons (Fsp3) is 0.706. The van der Waals surface area contributed by atoms with Gasteiger partial charge in [0, 0.05) is 18.7 Å². The van der Waals surface area contributed by atoms with Gasteiger partial charge in [-0.3, -0.25) is 19.1 Å². The Balaban J connectivity index is 1.84. The van der Waals surface area contributed by atoms with Gasteiger partial charge in [0.25, 0.3) is 5.56 Å². The smallest absolute Gasteiger partial charge is 0.305 e. The molecule has 1 unspecified atom stereocenters. The van der Waals surface area contributed by atoms with Gasteiger partial charge in [-0.05, 0) is 18.6 Å². The summed E-state index contributed by atoms with van der Waals surface area (Å²) in [6.07, 6.45) is 2.53. The number of aliphatic hydroxyl groups excluding tert-OH is 2. The Bertz CT molecular complexity index is 703. The number of unbranched alkanes of at least 4 members (excludes halogenated alkanes) is 4. The second-order valence-electron chi connectivity index (χ2n) is 6.41. The summed E-state index contributed by atoms with van der Waals surface area (Å²) >= 11 is 5.04. The van der Waals surface area contributed by atoms with E-state index < -0.39 is 24.5 Å². The summed E-state index contributed by atoms with van der Waals surface area (Å²) in [4.78, 5) is 25.4. The number of hydrogen-bond acceptors (Lipinski definition) is 7. The highest BCUT2D eigenvalue weighted by Crippen LogP contribution is 2.29. The number of carbonyl (C=O) groups excluding carboxylic acids is 1. The SMILES string of the molecule is CCCCCCCC(=O)OC[C@H]1OC(n2ccc(=O)[nH]c2=S)[C@H](O)[C@@H]1O. The molecule has 1 saturated heterocycles. The van der Waals surface area contributed by atoms with E-state index >= 15 is 0 Å². The van der Waals surface area contributed by atoms with Gasteiger partial charge in [-0.1, -0.05) is 32.6 Å². The van der Waals surface area contributed by atoms with Gasteiger partial charge in [-0.25, -0.2) is 0 Å². The fourth-order valence-corrected chi connectivity index (χ4v) is 3.11. The van der Waals surface area contributed by atoms with Crippen LogP contribution < -0.4 is 5.56 Å². The maximum absolute atomic E-state index is 11.8. The number of rotatable bonds is 9. The standard InChI is InChI=1S/C17H26N2O6S/c1-2-3-4-5-6-7-13(21)24-10-11-14(22)15(23)16(25-11)19-9-8-12(20)18-17(19)26/h8-9,11,14-16,22-23H,2-7,10H2,1H3,(H,18,20,26)/t11-,14-,15-,16?/m1/s1. The van der Waals surface area contributed by atoms with Crippen LogP contribution in [0.25, 0.3) is 0 Å². The largest absolute Gasteiger partial charge is 0.463 e. The van der Waals surface area contributed by atoms with E-state index in [4.69, 9.17) is 21.7 Å². The Morgan fingerprint density at radius 1 is 1.31 bits per heavy atom. The van der Waals surface area contributed by atoms with Crippen molar-refractivity contribution >= 4 is 18.2 Å². The maximum Gasteiger partial charge on any atom is 0.305 e. The van der Waals surface area contributed by atoms with Crippen LogP contribution in [0.15, 0.2) is 17.1 Å². The predicted octanol–water partition coefficient (Wildman–Crippen LogP) is 1.43. The van der Waals surface area contributed by atoms with Crippen LogP contribution in [0.5, 0.6) is 0 Å². The van der Waals surface area contributed by atoms with Crippen LogP contribution in [-0.4, -0.2) is 50.7 Å². The predicted molar refractivity (Wildman–Crippen MR) is 96.1 cm³/mol. The van der Waals surface area contributed by atoms with Crippen LogP contribution >= 0.6 is 12.2 Å². The molecule has 0 aromatic carbocycles. The third-order valence-corrected chi connectivity index (χ3v) is 4.67. The Kier molecular flexibility index (Phi) is 7.95. The molecule has 0 amide bonds. The van der Waals surface area contributed by atoms with Gasteiger partial charge in [0.15, 0.2) is 11.0 Å². The molecule has 8 nitrogen and oxygen atoms in total. The van der Waals surface area contributed by atoms with E-state index in [1.807, 2.05) is 0 Å². The number of aromatic amines is 1. The van der Waals surface area contributed by atoms with Gasteiger partial charge in [-0.2, -0.15) is 0 Å². The highest BCUT2D eigenvalue weighted by atomic mass is 32.1. The van der Waals surface area contributed by atoms with Crippen molar-refractivity contribution in [3.05, 3.63) is 27.4 Å². The highest BCUT2D eigenvalue weighted by Gasteiger charge is 2.44. The van der Waals surface area contributed by atoms with Crippen LogP contribution in [0.1, 0.15) is 51.7 Å². The lowest BCUT2D eigenvalue weighted by Gasteiger charge is -2.17. The number of H-pyrrole nitrogens is 1. The van der Waals surface area contributed by atoms with Crippen LogP contribution in [-0.2, 0) is 14.3 Å². The molecule has 2 rings (SSSR count). The lowest BCUT2D eigenvalue weighted by molar-refractivity contribution is -0.150. The number of aromatic nitrogens is 2. The number of esters is 1. The molecule has 0 spiro atoms. The quantitative estimate of drug-likeness (QED) is 0.334. The molecule has 1 aliphatic rings. The summed E-state index contributed by atoms with van der Waals surface area (Å²) in [5, 5.41) is 20.3. The molecule has 1 aromatic heterocycles. The normalized spacial score (nSPS) is 25.3. The zero-order valence-corrected chi connectivity index (χ0v) is 15.6. The van der Waals surface area contributed by atoms with Crippen molar-refractivity contribution in [2.45, 2.75) is 70.0 Å². The van der Waals surface area contributed by atoms with Crippen LogP contribution in [0.3, 0.4) is 0 Å². The summed E-state index contributed by atoms with van der Waals surface area (Å²) in [6, 6.07) is 1.24. The van der Waals surface area contributed by atoms with Crippen LogP contribution in [0.2, 0.25) is 0 Å². The van der Waals surface area contributed by atoms with E-state index in [2.05, 4.69) is 11.9 Å². The summed E-state index contributed by atoms with van der Waals surface area (Å²) in [5.74, 6) is -0.351. The van der Waals surface area contributed by atoms with Crippen molar-refractivity contribution < 1.29 is 24.5 Å². The Morgan fingerprint density at radius 3 is 2.73 bits per heavy atom. The number of nitrogens with one attached hydrogen (secondary N) is 1. The average molecular weight is 386 g/mol. The van der Waals surface area contributed by atoms with Crippen molar-refractivity contribution in [2.24, 2.45) is 0 Å². The lowest BCUT2D eigenvalue weighted by Crippen LogP contribution is -2.34. The van der Waals surface area contributed by atoms with Gasteiger partial charge in [0.2, 0.25) is 0 Å². The molecule has 146 valence electrons. The molecule has 2 heterocycles. The molecular weight excluding hydrogens is 360 g/mol. The first-order valence-corrected chi connectivity index (χ1v) is 9.33. The summed E-state index contributed by atoms with van der Waals surface area (Å²) in [7, 11) is 0. The molecule has 1 fully saturated rings. The topological polar surface area (TPSA) is 114 Å². The molecule has 1 aromatic rings. The minimum absolute atomic E-state index is 0.0680. The molecular formula is C17H26N2O6S. The molecule has 0 aliphatic carbocycles. The Morgan fingerprint density at radius 2 is 2.04 bits per heavy atom. The second kappa shape index (κ2) is 9.96. The second-order valence-corrected chi connectivity index (χ2v) is 6.80. The first kappa shape index (κ1) is 20.8. The number of hydrogen-bond donors (Lipinski definition) is 3. The monoisotopic (exact) mass is 386 g/mol. The molecule has 0 saturated carbocycles. The summed E-state index contributed by atoms with van der Waals surface area (Å²) in [6.45, 7) is 1.97. The Hall–Kier alpha value is -1.55.